The lowest BCUT2D eigenvalue weighted by atomic mass is 9.96. The maximum absolute atomic E-state index is 6.36. The second kappa shape index (κ2) is 9.65. The highest BCUT2D eigenvalue weighted by atomic mass is 16.3. The zero-order valence-electron chi connectivity index (χ0n) is 24.8. The SMILES string of the molecule is c1ccc(-n2c3ccccc3c3ccc4c(-c5ccc(-c6cccc7c6oc6ccccc67)cc5)nc5ccccc5c4c32)cc1. The summed E-state index contributed by atoms with van der Waals surface area (Å²) in [5, 5.41) is 8.27. The minimum Gasteiger partial charge on any atom is -0.455 e. The van der Waals surface area contributed by atoms with Crippen LogP contribution in [0.5, 0.6) is 0 Å². The third kappa shape index (κ3) is 3.57. The van der Waals surface area contributed by atoms with Crippen molar-refractivity contribution in [2.24, 2.45) is 0 Å². The van der Waals surface area contributed by atoms with E-state index in [1.54, 1.807) is 0 Å². The van der Waals surface area contributed by atoms with E-state index in [1.165, 1.54) is 27.2 Å². The molecule has 3 heteroatoms. The van der Waals surface area contributed by atoms with Gasteiger partial charge < -0.3 is 8.98 Å². The predicted octanol–water partition coefficient (Wildman–Crippen LogP) is 11.7. The summed E-state index contributed by atoms with van der Waals surface area (Å²) in [5.41, 5.74) is 10.6. The van der Waals surface area contributed by atoms with Crippen LogP contribution in [0.3, 0.4) is 0 Å². The summed E-state index contributed by atoms with van der Waals surface area (Å²) in [5.74, 6) is 0. The molecule has 0 radical (unpaired) electrons. The number of nitrogens with zero attached hydrogens (tertiary/aromatic N) is 2. The second-order valence-electron chi connectivity index (χ2n) is 11.9. The van der Waals surface area contributed by atoms with Crippen LogP contribution in [0.15, 0.2) is 162 Å². The van der Waals surface area contributed by atoms with Gasteiger partial charge in [0.1, 0.15) is 11.2 Å². The van der Waals surface area contributed by atoms with Gasteiger partial charge in [0.05, 0.1) is 22.2 Å². The summed E-state index contributed by atoms with van der Waals surface area (Å²) in [6.45, 7) is 0. The molecule has 10 rings (SSSR count). The summed E-state index contributed by atoms with van der Waals surface area (Å²) in [4.78, 5) is 5.29. The molecule has 0 spiro atoms. The number of pyridine rings is 1. The smallest absolute Gasteiger partial charge is 0.143 e. The van der Waals surface area contributed by atoms with Gasteiger partial charge in [0.15, 0.2) is 0 Å². The molecule has 7 aromatic carbocycles. The maximum atomic E-state index is 6.36. The second-order valence-corrected chi connectivity index (χ2v) is 11.9. The molecule has 0 amide bonds. The van der Waals surface area contributed by atoms with Crippen LogP contribution in [0.1, 0.15) is 0 Å². The third-order valence-electron chi connectivity index (χ3n) is 9.39. The molecule has 0 aliphatic rings. The molecule has 0 fully saturated rings. The molecule has 0 saturated carbocycles. The monoisotopic (exact) mass is 586 g/mol. The Labute approximate surface area is 264 Å². The van der Waals surface area contributed by atoms with Crippen LogP contribution < -0.4 is 0 Å². The van der Waals surface area contributed by atoms with Crippen LogP contribution in [-0.2, 0) is 0 Å². The highest BCUT2D eigenvalue weighted by Crippen LogP contribution is 2.42. The number of fused-ring (bicyclic) bond motifs is 10. The predicted molar refractivity (Wildman–Crippen MR) is 192 cm³/mol. The molecule has 3 aromatic heterocycles. The van der Waals surface area contributed by atoms with E-state index in [9.17, 15) is 0 Å². The van der Waals surface area contributed by atoms with E-state index >= 15 is 0 Å². The average Bonchev–Trinajstić information content (AvgIpc) is 3.68. The summed E-state index contributed by atoms with van der Waals surface area (Å²) >= 11 is 0. The van der Waals surface area contributed by atoms with Crippen LogP contribution >= 0.6 is 0 Å². The highest BCUT2D eigenvalue weighted by Gasteiger charge is 2.20. The molecule has 0 aliphatic heterocycles. The van der Waals surface area contributed by atoms with E-state index in [1.807, 2.05) is 12.1 Å². The molecule has 0 bridgehead atoms. The van der Waals surface area contributed by atoms with Crippen molar-refractivity contribution in [2.75, 3.05) is 0 Å². The molecule has 0 unspecified atom stereocenters. The fourth-order valence-electron chi connectivity index (χ4n) is 7.34. The number of hydrogen-bond acceptors (Lipinski definition) is 2. The summed E-state index contributed by atoms with van der Waals surface area (Å²) in [6.07, 6.45) is 0. The van der Waals surface area contributed by atoms with E-state index in [4.69, 9.17) is 9.40 Å². The Morgan fingerprint density at radius 1 is 0.457 bits per heavy atom. The van der Waals surface area contributed by atoms with Crippen LogP contribution in [0.4, 0.5) is 0 Å². The van der Waals surface area contributed by atoms with Crippen molar-refractivity contribution in [3.63, 3.8) is 0 Å². The molecule has 3 nitrogen and oxygen atoms in total. The largest absolute Gasteiger partial charge is 0.455 e. The first kappa shape index (κ1) is 25.2. The van der Waals surface area contributed by atoms with Crippen molar-refractivity contribution in [3.8, 4) is 28.1 Å². The molecule has 0 atom stereocenters. The molecule has 214 valence electrons. The third-order valence-corrected chi connectivity index (χ3v) is 9.39. The van der Waals surface area contributed by atoms with Gasteiger partial charge in [-0.2, -0.15) is 0 Å². The van der Waals surface area contributed by atoms with Crippen molar-refractivity contribution in [3.05, 3.63) is 158 Å². The Morgan fingerprint density at radius 2 is 1.13 bits per heavy atom. The lowest BCUT2D eigenvalue weighted by Gasteiger charge is -2.14. The maximum Gasteiger partial charge on any atom is 0.143 e. The Morgan fingerprint density at radius 3 is 2.00 bits per heavy atom. The van der Waals surface area contributed by atoms with Crippen molar-refractivity contribution in [1.29, 1.82) is 0 Å². The van der Waals surface area contributed by atoms with Gasteiger partial charge in [0.2, 0.25) is 0 Å². The van der Waals surface area contributed by atoms with Gasteiger partial charge in [0, 0.05) is 54.5 Å². The minimum absolute atomic E-state index is 0.910. The first-order valence-corrected chi connectivity index (χ1v) is 15.6. The van der Waals surface area contributed by atoms with Crippen molar-refractivity contribution in [1.82, 2.24) is 9.55 Å². The highest BCUT2D eigenvalue weighted by molar-refractivity contribution is 6.27. The normalized spacial score (nSPS) is 11.9. The van der Waals surface area contributed by atoms with E-state index in [-0.39, 0.29) is 0 Å². The topological polar surface area (TPSA) is 31.0 Å². The number of rotatable bonds is 3. The van der Waals surface area contributed by atoms with E-state index in [0.717, 1.165) is 66.3 Å². The van der Waals surface area contributed by atoms with E-state index < -0.39 is 0 Å². The number of furan rings is 1. The fraction of sp³-hybridized carbons (Fsp3) is 0. The van der Waals surface area contributed by atoms with Crippen molar-refractivity contribution >= 4 is 65.4 Å². The molecule has 10 aromatic rings. The molecule has 0 N–H and O–H groups in total. The fourth-order valence-corrected chi connectivity index (χ4v) is 7.34. The number of hydrogen-bond donors (Lipinski definition) is 0. The molecular formula is C43H26N2O. The first-order chi connectivity index (χ1) is 22.8. The number of aromatic nitrogens is 2. The number of benzene rings is 7. The molecule has 3 heterocycles. The molecule has 0 saturated heterocycles. The van der Waals surface area contributed by atoms with Crippen LogP contribution in [0.25, 0.3) is 93.5 Å². The molecular weight excluding hydrogens is 560 g/mol. The Bertz CT molecular complexity index is 2790. The zero-order chi connectivity index (χ0) is 30.2. The Kier molecular flexibility index (Phi) is 5.28. The molecule has 0 aliphatic carbocycles. The molecule has 46 heavy (non-hydrogen) atoms. The Hall–Kier alpha value is -6.19. The van der Waals surface area contributed by atoms with Crippen LogP contribution in [0.2, 0.25) is 0 Å². The van der Waals surface area contributed by atoms with Crippen LogP contribution in [-0.4, -0.2) is 9.55 Å². The summed E-state index contributed by atoms with van der Waals surface area (Å²) < 4.78 is 8.77. The Balaban J connectivity index is 1.24. The van der Waals surface area contributed by atoms with Crippen LogP contribution in [0, 0.1) is 0 Å². The summed E-state index contributed by atoms with van der Waals surface area (Å²) in [7, 11) is 0. The lowest BCUT2D eigenvalue weighted by Crippen LogP contribution is -1.96. The van der Waals surface area contributed by atoms with Gasteiger partial charge >= 0.3 is 0 Å². The quantitative estimate of drug-likeness (QED) is 0.193. The average molecular weight is 587 g/mol. The van der Waals surface area contributed by atoms with Crippen molar-refractivity contribution < 1.29 is 4.42 Å². The number of para-hydroxylation sites is 5. The van der Waals surface area contributed by atoms with Crippen molar-refractivity contribution in [2.45, 2.75) is 0 Å². The van der Waals surface area contributed by atoms with Gasteiger partial charge in [-0.15, -0.1) is 0 Å². The summed E-state index contributed by atoms with van der Waals surface area (Å²) in [6, 6.07) is 55.9. The first-order valence-electron chi connectivity index (χ1n) is 15.6. The standard InChI is InChI=1S/C43H26N2O/c1-2-11-29(12-3-1)45-38-19-8-5-13-31(38)33-25-26-36-40(42(33)45)35-15-4-7-18-37(35)44-41(36)28-23-21-27(22-24-28)30-16-10-17-34-32-14-6-9-20-39(32)46-43(30)34/h1-26H. The van der Waals surface area contributed by atoms with Gasteiger partial charge in [-0.1, -0.05) is 127 Å². The zero-order valence-corrected chi connectivity index (χ0v) is 24.8. The van der Waals surface area contributed by atoms with Gasteiger partial charge in [-0.05, 0) is 35.9 Å². The van der Waals surface area contributed by atoms with E-state index in [0.29, 0.717) is 0 Å². The minimum atomic E-state index is 0.910. The van der Waals surface area contributed by atoms with Gasteiger partial charge in [0.25, 0.3) is 0 Å². The lowest BCUT2D eigenvalue weighted by molar-refractivity contribution is 0.670. The van der Waals surface area contributed by atoms with E-state index in [2.05, 4.69) is 150 Å². The van der Waals surface area contributed by atoms with Gasteiger partial charge in [-0.25, -0.2) is 4.98 Å². The van der Waals surface area contributed by atoms with Gasteiger partial charge in [-0.3, -0.25) is 0 Å².